The summed E-state index contributed by atoms with van der Waals surface area (Å²) in [4.78, 5) is 24.6. The topological polar surface area (TPSA) is 77.8 Å². The van der Waals surface area contributed by atoms with Crippen LogP contribution in [0.1, 0.15) is 20.3 Å². The first-order valence-corrected chi connectivity index (χ1v) is 5.12. The number of aliphatic hydroxyl groups excluding tert-OH is 2. The molecule has 1 aliphatic rings. The van der Waals surface area contributed by atoms with E-state index in [2.05, 4.69) is 6.58 Å². The van der Waals surface area contributed by atoms with E-state index in [1.807, 2.05) is 0 Å². The van der Waals surface area contributed by atoms with Crippen LogP contribution in [0.5, 0.6) is 0 Å². The highest BCUT2D eigenvalue weighted by atomic mass is 16.3. The van der Waals surface area contributed by atoms with E-state index >= 15 is 0 Å². The Morgan fingerprint density at radius 3 is 2.56 bits per heavy atom. The fraction of sp³-hybridized carbons (Fsp3) is 0.636. The summed E-state index contributed by atoms with van der Waals surface area (Å²) in [5.41, 5.74) is -0.324. The quantitative estimate of drug-likeness (QED) is 0.511. The number of imide groups is 1. The van der Waals surface area contributed by atoms with Gasteiger partial charge in [0.15, 0.2) is 0 Å². The Morgan fingerprint density at radius 1 is 1.50 bits per heavy atom. The molecule has 1 heterocycles. The Hall–Kier alpha value is -1.20. The first kappa shape index (κ1) is 12.9. The van der Waals surface area contributed by atoms with E-state index in [-0.39, 0.29) is 12.5 Å². The summed E-state index contributed by atoms with van der Waals surface area (Å²) in [5.74, 6) is -0.797. The fourth-order valence-electron chi connectivity index (χ4n) is 1.77. The van der Waals surface area contributed by atoms with Crippen LogP contribution in [0.15, 0.2) is 12.2 Å². The monoisotopic (exact) mass is 227 g/mol. The summed E-state index contributed by atoms with van der Waals surface area (Å²) >= 11 is 0. The summed E-state index contributed by atoms with van der Waals surface area (Å²) < 4.78 is 0. The zero-order valence-electron chi connectivity index (χ0n) is 9.56. The van der Waals surface area contributed by atoms with Gasteiger partial charge >= 0.3 is 0 Å². The van der Waals surface area contributed by atoms with Crippen molar-refractivity contribution >= 4 is 11.8 Å². The molecule has 0 bridgehead atoms. The van der Waals surface area contributed by atoms with E-state index in [9.17, 15) is 14.7 Å². The second-order valence-electron chi connectivity index (χ2n) is 4.72. The van der Waals surface area contributed by atoms with Crippen molar-refractivity contribution in [1.82, 2.24) is 4.90 Å². The molecule has 16 heavy (non-hydrogen) atoms. The molecule has 0 saturated carbocycles. The largest absolute Gasteiger partial charge is 0.394 e. The molecule has 1 saturated heterocycles. The third-order valence-corrected chi connectivity index (χ3v) is 2.63. The molecular formula is C11H17NO4. The zero-order chi connectivity index (χ0) is 12.5. The number of nitrogens with zero attached hydrogens (tertiary/aromatic N) is 1. The van der Waals surface area contributed by atoms with Crippen LogP contribution >= 0.6 is 0 Å². The van der Waals surface area contributed by atoms with E-state index in [1.54, 1.807) is 13.8 Å². The van der Waals surface area contributed by atoms with Crippen LogP contribution < -0.4 is 0 Å². The lowest BCUT2D eigenvalue weighted by atomic mass is 9.80. The summed E-state index contributed by atoms with van der Waals surface area (Å²) in [6, 6.07) is 0. The average Bonchev–Trinajstić information content (AvgIpc) is 2.21. The van der Waals surface area contributed by atoms with Crippen molar-refractivity contribution in [3.63, 3.8) is 0 Å². The Bertz CT molecular complexity index is 335. The minimum absolute atomic E-state index is 0.184. The predicted molar refractivity (Wildman–Crippen MR) is 57.4 cm³/mol. The molecular weight excluding hydrogens is 210 g/mol. The van der Waals surface area contributed by atoms with E-state index < -0.39 is 24.0 Å². The van der Waals surface area contributed by atoms with Gasteiger partial charge in [0.05, 0.1) is 19.3 Å². The van der Waals surface area contributed by atoms with Gasteiger partial charge in [0.1, 0.15) is 0 Å². The molecule has 2 amide bonds. The molecule has 5 nitrogen and oxygen atoms in total. The molecule has 0 radical (unpaired) electrons. The minimum Gasteiger partial charge on any atom is -0.394 e. The van der Waals surface area contributed by atoms with E-state index in [0.29, 0.717) is 12.0 Å². The molecule has 0 spiro atoms. The molecule has 1 rings (SSSR count). The highest BCUT2D eigenvalue weighted by molar-refractivity contribution is 6.08. The van der Waals surface area contributed by atoms with Crippen LogP contribution in [0.25, 0.3) is 0 Å². The third kappa shape index (κ3) is 2.31. The molecule has 0 aromatic heterocycles. The number of piperidine rings is 1. The first-order valence-electron chi connectivity index (χ1n) is 5.12. The van der Waals surface area contributed by atoms with Gasteiger partial charge in [-0.3, -0.25) is 14.5 Å². The van der Waals surface area contributed by atoms with Crippen LogP contribution in [0.2, 0.25) is 0 Å². The Labute approximate surface area is 94.4 Å². The molecule has 0 aromatic carbocycles. The second kappa shape index (κ2) is 4.35. The van der Waals surface area contributed by atoms with Crippen LogP contribution in [0.3, 0.4) is 0 Å². The summed E-state index contributed by atoms with van der Waals surface area (Å²) in [6.07, 6.45) is -0.772. The Morgan fingerprint density at radius 2 is 2.06 bits per heavy atom. The van der Waals surface area contributed by atoms with Crippen LogP contribution in [0.4, 0.5) is 0 Å². The van der Waals surface area contributed by atoms with Crippen molar-refractivity contribution in [3.05, 3.63) is 12.2 Å². The van der Waals surface area contributed by atoms with Crippen molar-refractivity contribution in [1.29, 1.82) is 0 Å². The van der Waals surface area contributed by atoms with Gasteiger partial charge in [-0.05, 0) is 6.42 Å². The molecule has 1 fully saturated rings. The number of hydrogen-bond acceptors (Lipinski definition) is 4. The standard InChI is InChI=1S/C11H17NO4/c1-7-4-11(2,3)10(16)12(9(7)15)5-8(14)6-13/h8,13-14H,1,4-6H2,2-3H3. The number of rotatable bonds is 3. The fourth-order valence-corrected chi connectivity index (χ4v) is 1.77. The number of carbonyl (C=O) groups is 2. The normalized spacial score (nSPS) is 22.5. The van der Waals surface area contributed by atoms with E-state index in [0.717, 1.165) is 4.90 Å². The molecule has 0 aliphatic carbocycles. The van der Waals surface area contributed by atoms with E-state index in [1.165, 1.54) is 0 Å². The molecule has 1 unspecified atom stereocenters. The Balaban J connectivity index is 2.91. The number of aliphatic hydroxyl groups is 2. The van der Waals surface area contributed by atoms with Crippen molar-refractivity contribution in [2.45, 2.75) is 26.4 Å². The van der Waals surface area contributed by atoms with Crippen molar-refractivity contribution in [3.8, 4) is 0 Å². The highest BCUT2D eigenvalue weighted by Gasteiger charge is 2.42. The summed E-state index contributed by atoms with van der Waals surface area (Å²) in [6.45, 7) is 6.41. The maximum atomic E-state index is 11.9. The molecule has 0 aromatic rings. The van der Waals surface area contributed by atoms with Crippen molar-refractivity contribution in [2.75, 3.05) is 13.2 Å². The van der Waals surface area contributed by atoms with Gasteiger partial charge < -0.3 is 10.2 Å². The number of likely N-dealkylation sites (tertiary alicyclic amines) is 1. The summed E-state index contributed by atoms with van der Waals surface area (Å²) in [7, 11) is 0. The number of carbonyl (C=O) groups excluding carboxylic acids is 2. The first-order chi connectivity index (χ1) is 7.29. The maximum absolute atomic E-state index is 11.9. The lowest BCUT2D eigenvalue weighted by Crippen LogP contribution is -2.52. The molecule has 2 N–H and O–H groups in total. The highest BCUT2D eigenvalue weighted by Crippen LogP contribution is 2.33. The number of hydrogen-bond donors (Lipinski definition) is 2. The van der Waals surface area contributed by atoms with Crippen molar-refractivity contribution in [2.24, 2.45) is 5.41 Å². The summed E-state index contributed by atoms with van der Waals surface area (Å²) in [5, 5.41) is 18.0. The molecule has 90 valence electrons. The SMILES string of the molecule is C=C1CC(C)(C)C(=O)N(CC(O)CO)C1=O. The van der Waals surface area contributed by atoms with Gasteiger partial charge in [0.2, 0.25) is 5.91 Å². The van der Waals surface area contributed by atoms with Gasteiger partial charge in [0.25, 0.3) is 5.91 Å². The van der Waals surface area contributed by atoms with Gasteiger partial charge in [-0.25, -0.2) is 0 Å². The van der Waals surface area contributed by atoms with Gasteiger partial charge in [-0.15, -0.1) is 0 Å². The Kier molecular flexibility index (Phi) is 3.50. The maximum Gasteiger partial charge on any atom is 0.255 e. The van der Waals surface area contributed by atoms with E-state index in [4.69, 9.17) is 5.11 Å². The molecule has 5 heteroatoms. The van der Waals surface area contributed by atoms with Crippen molar-refractivity contribution < 1.29 is 19.8 Å². The van der Waals surface area contributed by atoms with Gasteiger partial charge in [-0.2, -0.15) is 0 Å². The molecule has 1 aliphatic heterocycles. The second-order valence-corrected chi connectivity index (χ2v) is 4.72. The molecule has 1 atom stereocenters. The van der Waals surface area contributed by atoms with Crippen LogP contribution in [0, 0.1) is 5.41 Å². The number of amides is 2. The number of β-amino-alcohol motifs (C(OH)–C–C–N with tert-alkyl or cyclic N) is 1. The minimum atomic E-state index is -1.10. The predicted octanol–water partition coefficient (Wildman–Crippen LogP) is -0.319. The van der Waals surface area contributed by atoms with Crippen LogP contribution in [-0.4, -0.2) is 46.2 Å². The lowest BCUT2D eigenvalue weighted by molar-refractivity contribution is -0.154. The third-order valence-electron chi connectivity index (χ3n) is 2.63. The van der Waals surface area contributed by atoms with Crippen LogP contribution in [-0.2, 0) is 9.59 Å². The van der Waals surface area contributed by atoms with Gasteiger partial charge in [-0.1, -0.05) is 20.4 Å². The zero-order valence-corrected chi connectivity index (χ0v) is 9.56. The van der Waals surface area contributed by atoms with Gasteiger partial charge in [0, 0.05) is 11.0 Å². The average molecular weight is 227 g/mol. The smallest absolute Gasteiger partial charge is 0.255 e. The lowest BCUT2D eigenvalue weighted by Gasteiger charge is -2.37.